The number of hydrogen-bond donors (Lipinski definition) is 1. The van der Waals surface area contributed by atoms with E-state index in [-0.39, 0.29) is 5.56 Å². The predicted octanol–water partition coefficient (Wildman–Crippen LogP) is 4.73. The van der Waals surface area contributed by atoms with Gasteiger partial charge in [0.25, 0.3) is 5.56 Å². The first-order chi connectivity index (χ1) is 11.8. The standard InChI is InChI=1S/C21H16N2O/c24-21-15-19(22-16-9-3-1-4-10-16)18-13-7-8-14-20(18)23(21)17-11-5-2-6-12-17/h1-15,22H. The summed E-state index contributed by atoms with van der Waals surface area (Å²) in [6, 6.07) is 29.2. The highest BCUT2D eigenvalue weighted by Gasteiger charge is 2.10. The molecule has 24 heavy (non-hydrogen) atoms. The van der Waals surface area contributed by atoms with Crippen molar-refractivity contribution in [2.24, 2.45) is 0 Å². The van der Waals surface area contributed by atoms with Gasteiger partial charge < -0.3 is 5.32 Å². The Morgan fingerprint density at radius 1 is 0.708 bits per heavy atom. The maximum atomic E-state index is 12.8. The second kappa shape index (κ2) is 6.05. The van der Waals surface area contributed by atoms with Crippen LogP contribution < -0.4 is 10.9 Å². The van der Waals surface area contributed by atoms with Crippen molar-refractivity contribution in [1.82, 2.24) is 4.57 Å². The first-order valence-corrected chi connectivity index (χ1v) is 7.85. The Hall–Kier alpha value is -3.33. The summed E-state index contributed by atoms with van der Waals surface area (Å²) < 4.78 is 1.74. The minimum absolute atomic E-state index is 0.0571. The molecule has 1 heterocycles. The highest BCUT2D eigenvalue weighted by molar-refractivity contribution is 5.94. The molecule has 1 aromatic heterocycles. The number of para-hydroxylation sites is 3. The third-order valence-electron chi connectivity index (χ3n) is 3.99. The lowest BCUT2D eigenvalue weighted by molar-refractivity contribution is 1.04. The number of nitrogens with one attached hydrogen (secondary N) is 1. The van der Waals surface area contributed by atoms with Crippen LogP contribution in [0, 0.1) is 0 Å². The van der Waals surface area contributed by atoms with Crippen LogP contribution in [0.5, 0.6) is 0 Å². The minimum Gasteiger partial charge on any atom is -0.355 e. The summed E-state index contributed by atoms with van der Waals surface area (Å²) in [5, 5.41) is 4.36. The third kappa shape index (κ3) is 2.57. The molecule has 4 rings (SSSR count). The predicted molar refractivity (Wildman–Crippen MR) is 99.3 cm³/mol. The Morgan fingerprint density at radius 3 is 2.08 bits per heavy atom. The first kappa shape index (κ1) is 14.3. The van der Waals surface area contributed by atoms with E-state index in [0.717, 1.165) is 28.0 Å². The van der Waals surface area contributed by atoms with E-state index in [2.05, 4.69) is 5.32 Å². The molecule has 4 aromatic rings. The zero-order valence-electron chi connectivity index (χ0n) is 13.0. The average Bonchev–Trinajstić information content (AvgIpc) is 2.63. The van der Waals surface area contributed by atoms with Gasteiger partial charge in [-0.3, -0.25) is 9.36 Å². The van der Waals surface area contributed by atoms with E-state index in [9.17, 15) is 4.79 Å². The van der Waals surface area contributed by atoms with Crippen molar-refractivity contribution in [3.8, 4) is 5.69 Å². The van der Waals surface area contributed by atoms with Crippen LogP contribution in [0.1, 0.15) is 0 Å². The van der Waals surface area contributed by atoms with Crippen LogP contribution in [0.15, 0.2) is 95.8 Å². The maximum absolute atomic E-state index is 12.8. The largest absolute Gasteiger partial charge is 0.355 e. The van der Waals surface area contributed by atoms with E-state index in [1.54, 1.807) is 10.6 Å². The van der Waals surface area contributed by atoms with Gasteiger partial charge in [-0.05, 0) is 30.3 Å². The minimum atomic E-state index is -0.0571. The Morgan fingerprint density at radius 2 is 1.33 bits per heavy atom. The van der Waals surface area contributed by atoms with Crippen molar-refractivity contribution in [2.45, 2.75) is 0 Å². The fourth-order valence-electron chi connectivity index (χ4n) is 2.90. The van der Waals surface area contributed by atoms with Gasteiger partial charge >= 0.3 is 0 Å². The van der Waals surface area contributed by atoms with Gasteiger partial charge in [0.2, 0.25) is 0 Å². The van der Waals surface area contributed by atoms with Crippen molar-refractivity contribution in [1.29, 1.82) is 0 Å². The average molecular weight is 312 g/mol. The zero-order chi connectivity index (χ0) is 16.4. The van der Waals surface area contributed by atoms with Gasteiger partial charge in [0, 0.05) is 22.8 Å². The van der Waals surface area contributed by atoms with Gasteiger partial charge in [0.05, 0.1) is 11.2 Å². The zero-order valence-corrected chi connectivity index (χ0v) is 13.0. The van der Waals surface area contributed by atoms with E-state index in [0.29, 0.717) is 0 Å². The molecule has 0 aliphatic carbocycles. The monoisotopic (exact) mass is 312 g/mol. The number of pyridine rings is 1. The normalized spacial score (nSPS) is 10.7. The van der Waals surface area contributed by atoms with E-state index in [1.807, 2.05) is 84.9 Å². The van der Waals surface area contributed by atoms with Crippen LogP contribution in [0.4, 0.5) is 11.4 Å². The van der Waals surface area contributed by atoms with Crippen molar-refractivity contribution < 1.29 is 0 Å². The van der Waals surface area contributed by atoms with Crippen LogP contribution in [-0.2, 0) is 0 Å². The molecular weight excluding hydrogens is 296 g/mol. The fraction of sp³-hybridized carbons (Fsp3) is 0. The summed E-state index contributed by atoms with van der Waals surface area (Å²) in [4.78, 5) is 12.8. The van der Waals surface area contributed by atoms with Crippen LogP contribution >= 0.6 is 0 Å². The van der Waals surface area contributed by atoms with E-state index in [1.165, 1.54) is 0 Å². The molecule has 116 valence electrons. The van der Waals surface area contributed by atoms with Crippen LogP contribution in [0.2, 0.25) is 0 Å². The van der Waals surface area contributed by atoms with Crippen LogP contribution in [0.3, 0.4) is 0 Å². The number of hydrogen-bond acceptors (Lipinski definition) is 2. The maximum Gasteiger partial charge on any atom is 0.257 e. The van der Waals surface area contributed by atoms with E-state index < -0.39 is 0 Å². The lowest BCUT2D eigenvalue weighted by atomic mass is 10.1. The Kier molecular flexibility index (Phi) is 3.60. The van der Waals surface area contributed by atoms with Crippen molar-refractivity contribution in [3.63, 3.8) is 0 Å². The molecule has 0 saturated heterocycles. The SMILES string of the molecule is O=c1cc(Nc2ccccc2)c2ccccc2n1-c1ccccc1. The van der Waals surface area contributed by atoms with Gasteiger partial charge in [-0.25, -0.2) is 0 Å². The second-order valence-electron chi connectivity index (χ2n) is 5.58. The van der Waals surface area contributed by atoms with Crippen LogP contribution in [-0.4, -0.2) is 4.57 Å². The summed E-state index contributed by atoms with van der Waals surface area (Å²) >= 11 is 0. The molecule has 0 spiro atoms. The lowest BCUT2D eigenvalue weighted by Crippen LogP contribution is -2.18. The van der Waals surface area contributed by atoms with Gasteiger partial charge in [0.15, 0.2) is 0 Å². The fourth-order valence-corrected chi connectivity index (χ4v) is 2.90. The second-order valence-corrected chi connectivity index (χ2v) is 5.58. The number of aromatic nitrogens is 1. The van der Waals surface area contributed by atoms with Gasteiger partial charge in [-0.15, -0.1) is 0 Å². The quantitative estimate of drug-likeness (QED) is 0.593. The molecule has 3 nitrogen and oxygen atoms in total. The highest BCUT2D eigenvalue weighted by Crippen LogP contribution is 2.26. The summed E-state index contributed by atoms with van der Waals surface area (Å²) in [6.07, 6.45) is 0. The van der Waals surface area contributed by atoms with Gasteiger partial charge in [0.1, 0.15) is 0 Å². The molecule has 0 atom stereocenters. The summed E-state index contributed by atoms with van der Waals surface area (Å²) in [7, 11) is 0. The molecule has 3 heteroatoms. The van der Waals surface area contributed by atoms with Gasteiger partial charge in [-0.1, -0.05) is 54.6 Å². The molecule has 0 amide bonds. The Labute approximate surface area is 139 Å². The molecule has 0 fully saturated rings. The molecule has 0 bridgehead atoms. The Balaban J connectivity index is 1.94. The lowest BCUT2D eigenvalue weighted by Gasteiger charge is -2.15. The number of benzene rings is 3. The molecule has 0 radical (unpaired) electrons. The number of anilines is 2. The third-order valence-corrected chi connectivity index (χ3v) is 3.99. The molecule has 1 N–H and O–H groups in total. The highest BCUT2D eigenvalue weighted by atomic mass is 16.1. The summed E-state index contributed by atoms with van der Waals surface area (Å²) in [6.45, 7) is 0. The molecule has 0 aliphatic rings. The van der Waals surface area contributed by atoms with Crippen LogP contribution in [0.25, 0.3) is 16.6 Å². The number of nitrogens with zero attached hydrogens (tertiary/aromatic N) is 1. The smallest absolute Gasteiger partial charge is 0.257 e. The van der Waals surface area contributed by atoms with Gasteiger partial charge in [-0.2, -0.15) is 0 Å². The number of rotatable bonds is 3. The van der Waals surface area contributed by atoms with Crippen molar-refractivity contribution in [2.75, 3.05) is 5.32 Å². The molecule has 0 aliphatic heterocycles. The van der Waals surface area contributed by atoms with Crippen molar-refractivity contribution in [3.05, 3.63) is 101 Å². The Bertz CT molecular complexity index is 1040. The van der Waals surface area contributed by atoms with Crippen molar-refractivity contribution >= 4 is 22.3 Å². The first-order valence-electron chi connectivity index (χ1n) is 7.85. The number of fused-ring (bicyclic) bond motifs is 1. The van der Waals surface area contributed by atoms with E-state index >= 15 is 0 Å². The molecule has 3 aromatic carbocycles. The summed E-state index contributed by atoms with van der Waals surface area (Å²) in [5.41, 5.74) is 3.46. The topological polar surface area (TPSA) is 34.0 Å². The molecule has 0 unspecified atom stereocenters. The molecule has 0 saturated carbocycles. The van der Waals surface area contributed by atoms with E-state index in [4.69, 9.17) is 0 Å². The summed E-state index contributed by atoms with van der Waals surface area (Å²) in [5.74, 6) is 0. The molecular formula is C21H16N2O.